The third kappa shape index (κ3) is 4.85. The monoisotopic (exact) mass is 376 g/mol. The van der Waals surface area contributed by atoms with Crippen molar-refractivity contribution >= 4 is 23.3 Å². The second-order valence-corrected chi connectivity index (χ2v) is 6.15. The van der Waals surface area contributed by atoms with Crippen molar-refractivity contribution in [2.75, 3.05) is 23.8 Å². The number of hydrogen-bond donors (Lipinski definition) is 2. The highest BCUT2D eigenvalue weighted by molar-refractivity contribution is 5.96. The molecule has 28 heavy (non-hydrogen) atoms. The van der Waals surface area contributed by atoms with Gasteiger partial charge < -0.3 is 15.4 Å². The minimum absolute atomic E-state index is 0.323. The second-order valence-electron chi connectivity index (χ2n) is 6.15. The number of esters is 1. The molecule has 0 spiro atoms. The van der Waals surface area contributed by atoms with Gasteiger partial charge in [0.2, 0.25) is 0 Å². The van der Waals surface area contributed by atoms with Crippen LogP contribution in [0, 0.1) is 0 Å². The lowest BCUT2D eigenvalue weighted by molar-refractivity contribution is 0.0527. The summed E-state index contributed by atoms with van der Waals surface area (Å²) in [4.78, 5) is 21.5. The Morgan fingerprint density at radius 3 is 2.43 bits per heavy atom. The minimum Gasteiger partial charge on any atom is -0.462 e. The van der Waals surface area contributed by atoms with Crippen LogP contribution in [-0.4, -0.2) is 29.1 Å². The number of aromatic nitrogens is 2. The molecule has 3 rings (SSSR count). The Labute approximate surface area is 165 Å². The normalized spacial score (nSPS) is 10.4. The smallest absolute Gasteiger partial charge is 0.340 e. The number of para-hydroxylation sites is 1. The summed E-state index contributed by atoms with van der Waals surface area (Å²) in [6, 6.07) is 18.9. The zero-order valence-electron chi connectivity index (χ0n) is 16.1. The van der Waals surface area contributed by atoms with Gasteiger partial charge in [-0.05, 0) is 25.5 Å². The highest BCUT2D eigenvalue weighted by Gasteiger charge is 2.14. The lowest BCUT2D eigenvalue weighted by Crippen LogP contribution is -2.09. The fourth-order valence-corrected chi connectivity index (χ4v) is 2.69. The number of nitrogens with zero attached hydrogens (tertiary/aromatic N) is 2. The molecule has 0 saturated carbocycles. The fourth-order valence-electron chi connectivity index (χ4n) is 2.69. The predicted octanol–water partition coefficient (Wildman–Crippen LogP) is 4.89. The molecule has 6 nitrogen and oxygen atoms in total. The van der Waals surface area contributed by atoms with E-state index in [2.05, 4.69) is 27.5 Å². The maximum absolute atomic E-state index is 12.2. The molecule has 0 aliphatic carbocycles. The maximum atomic E-state index is 12.2. The number of carbonyl (C=O) groups is 1. The molecule has 0 atom stereocenters. The number of carbonyl (C=O) groups excluding carboxylic acids is 1. The third-order valence-electron chi connectivity index (χ3n) is 4.00. The summed E-state index contributed by atoms with van der Waals surface area (Å²) in [6.45, 7) is 5.02. The van der Waals surface area contributed by atoms with Gasteiger partial charge in [0.05, 0.1) is 17.9 Å². The van der Waals surface area contributed by atoms with Crippen LogP contribution in [0.15, 0.2) is 60.7 Å². The van der Waals surface area contributed by atoms with E-state index in [1.807, 2.05) is 48.5 Å². The van der Waals surface area contributed by atoms with Crippen LogP contribution in [0.3, 0.4) is 0 Å². The SMILES string of the molecule is CCCNc1cc(Nc2ccccc2C(=O)OCC)nc(-c2ccccc2)n1. The lowest BCUT2D eigenvalue weighted by atomic mass is 10.1. The molecule has 1 heterocycles. The molecule has 144 valence electrons. The van der Waals surface area contributed by atoms with Crippen LogP contribution in [0.4, 0.5) is 17.3 Å². The molecule has 2 aromatic carbocycles. The molecule has 1 aromatic heterocycles. The van der Waals surface area contributed by atoms with Crippen molar-refractivity contribution in [1.29, 1.82) is 0 Å². The molecule has 0 bridgehead atoms. The van der Waals surface area contributed by atoms with Crippen LogP contribution in [0.2, 0.25) is 0 Å². The Hall–Kier alpha value is -3.41. The summed E-state index contributed by atoms with van der Waals surface area (Å²) in [7, 11) is 0. The van der Waals surface area contributed by atoms with Gasteiger partial charge in [0.1, 0.15) is 11.6 Å². The van der Waals surface area contributed by atoms with Crippen molar-refractivity contribution in [1.82, 2.24) is 9.97 Å². The molecular weight excluding hydrogens is 352 g/mol. The first-order valence-corrected chi connectivity index (χ1v) is 9.42. The van der Waals surface area contributed by atoms with E-state index in [1.165, 1.54) is 0 Å². The molecule has 0 amide bonds. The first-order valence-electron chi connectivity index (χ1n) is 9.42. The van der Waals surface area contributed by atoms with Crippen LogP contribution in [0.5, 0.6) is 0 Å². The van der Waals surface area contributed by atoms with E-state index in [1.54, 1.807) is 19.1 Å². The molecule has 3 aromatic rings. The first kappa shape index (κ1) is 19.4. The van der Waals surface area contributed by atoms with Gasteiger partial charge in [-0.1, -0.05) is 49.4 Å². The van der Waals surface area contributed by atoms with Gasteiger partial charge in [-0.3, -0.25) is 0 Å². The molecule has 0 aliphatic heterocycles. The second kappa shape index (κ2) is 9.50. The van der Waals surface area contributed by atoms with Gasteiger partial charge in [-0.15, -0.1) is 0 Å². The topological polar surface area (TPSA) is 76.1 Å². The summed E-state index contributed by atoms with van der Waals surface area (Å²) in [5, 5.41) is 6.55. The van der Waals surface area contributed by atoms with Gasteiger partial charge in [0, 0.05) is 18.2 Å². The summed E-state index contributed by atoms with van der Waals surface area (Å²) in [5.74, 6) is 1.57. The number of benzene rings is 2. The Morgan fingerprint density at radius 2 is 1.68 bits per heavy atom. The Balaban J connectivity index is 1.97. The van der Waals surface area contributed by atoms with Gasteiger partial charge >= 0.3 is 5.97 Å². The van der Waals surface area contributed by atoms with Gasteiger partial charge in [-0.25, -0.2) is 14.8 Å². The average Bonchev–Trinajstić information content (AvgIpc) is 2.73. The molecular formula is C22H24N4O2. The van der Waals surface area contributed by atoms with E-state index < -0.39 is 0 Å². The summed E-state index contributed by atoms with van der Waals surface area (Å²) in [5.41, 5.74) is 2.02. The Bertz CT molecular complexity index is 929. The Kier molecular flexibility index (Phi) is 6.57. The van der Waals surface area contributed by atoms with E-state index >= 15 is 0 Å². The zero-order chi connectivity index (χ0) is 19.8. The van der Waals surface area contributed by atoms with Crippen molar-refractivity contribution in [3.63, 3.8) is 0 Å². The Morgan fingerprint density at radius 1 is 0.964 bits per heavy atom. The third-order valence-corrected chi connectivity index (χ3v) is 4.00. The highest BCUT2D eigenvalue weighted by Crippen LogP contribution is 2.25. The summed E-state index contributed by atoms with van der Waals surface area (Å²) < 4.78 is 5.15. The van der Waals surface area contributed by atoms with Crippen molar-refractivity contribution in [3.8, 4) is 11.4 Å². The summed E-state index contributed by atoms with van der Waals surface area (Å²) in [6.07, 6.45) is 0.985. The predicted molar refractivity (Wildman–Crippen MR) is 112 cm³/mol. The van der Waals surface area contributed by atoms with Gasteiger partial charge in [-0.2, -0.15) is 0 Å². The molecule has 0 fully saturated rings. The quantitative estimate of drug-likeness (QED) is 0.545. The summed E-state index contributed by atoms with van der Waals surface area (Å²) >= 11 is 0. The number of rotatable bonds is 8. The minimum atomic E-state index is -0.368. The average molecular weight is 376 g/mol. The molecule has 6 heteroatoms. The van der Waals surface area contributed by atoms with Gasteiger partial charge in [0.25, 0.3) is 0 Å². The number of nitrogens with one attached hydrogen (secondary N) is 2. The number of anilines is 3. The lowest BCUT2D eigenvalue weighted by Gasteiger charge is -2.13. The van der Waals surface area contributed by atoms with Crippen LogP contribution in [0.1, 0.15) is 30.6 Å². The molecule has 0 aliphatic rings. The van der Waals surface area contributed by atoms with E-state index in [0.29, 0.717) is 29.5 Å². The van der Waals surface area contributed by atoms with Crippen LogP contribution in [-0.2, 0) is 4.74 Å². The largest absolute Gasteiger partial charge is 0.462 e. The first-order chi connectivity index (χ1) is 13.7. The van der Waals surface area contributed by atoms with Crippen molar-refractivity contribution in [2.45, 2.75) is 20.3 Å². The number of ether oxygens (including phenoxy) is 1. The van der Waals surface area contributed by atoms with E-state index in [9.17, 15) is 4.79 Å². The maximum Gasteiger partial charge on any atom is 0.340 e. The van der Waals surface area contributed by atoms with Crippen molar-refractivity contribution in [2.24, 2.45) is 0 Å². The fraction of sp³-hybridized carbons (Fsp3) is 0.227. The highest BCUT2D eigenvalue weighted by atomic mass is 16.5. The molecule has 0 radical (unpaired) electrons. The van der Waals surface area contributed by atoms with Crippen LogP contribution >= 0.6 is 0 Å². The molecule has 2 N–H and O–H groups in total. The molecule has 0 saturated heterocycles. The van der Waals surface area contributed by atoms with Crippen molar-refractivity contribution < 1.29 is 9.53 Å². The van der Waals surface area contributed by atoms with Crippen LogP contribution in [0.25, 0.3) is 11.4 Å². The van der Waals surface area contributed by atoms with Crippen molar-refractivity contribution in [3.05, 3.63) is 66.2 Å². The van der Waals surface area contributed by atoms with Crippen LogP contribution < -0.4 is 10.6 Å². The van der Waals surface area contributed by atoms with E-state index in [4.69, 9.17) is 4.74 Å². The van der Waals surface area contributed by atoms with Gasteiger partial charge in [0.15, 0.2) is 5.82 Å². The standard InChI is InChI=1S/C22H24N4O2/c1-3-14-23-19-15-20(26-21(25-19)16-10-6-5-7-11-16)24-18-13-9-8-12-17(18)22(27)28-4-2/h5-13,15H,3-4,14H2,1-2H3,(H2,23,24,25,26). The number of hydrogen-bond acceptors (Lipinski definition) is 6. The van der Waals surface area contributed by atoms with E-state index in [-0.39, 0.29) is 5.97 Å². The molecule has 0 unspecified atom stereocenters. The van der Waals surface area contributed by atoms with E-state index in [0.717, 1.165) is 24.3 Å². The zero-order valence-corrected chi connectivity index (χ0v) is 16.1.